The molecule has 0 amide bonds. The van der Waals surface area contributed by atoms with Gasteiger partial charge >= 0.3 is 0 Å². The summed E-state index contributed by atoms with van der Waals surface area (Å²) in [7, 11) is -8.15. The van der Waals surface area contributed by atoms with Gasteiger partial charge in [-0.25, -0.2) is 0 Å². The molecule has 0 bridgehead atoms. The molecule has 1 heterocycles. The third-order valence-electron chi connectivity index (χ3n) is 4.83. The molecule has 9 heteroatoms. The second-order valence-corrected chi connectivity index (χ2v) is 10.1. The monoisotopic (exact) mass is 450 g/mol. The first kappa shape index (κ1) is 22.2. The fourth-order valence-corrected chi connectivity index (χ4v) is 5.01. The second kappa shape index (κ2) is 8.73. The first-order valence-electron chi connectivity index (χ1n) is 9.12. The van der Waals surface area contributed by atoms with E-state index >= 15 is 0 Å². The lowest BCUT2D eigenvalue weighted by Gasteiger charge is -2.32. The molecule has 3 rings (SSSR count). The van der Waals surface area contributed by atoms with Gasteiger partial charge < -0.3 is 4.42 Å². The van der Waals surface area contributed by atoms with Gasteiger partial charge in [-0.1, -0.05) is 36.4 Å². The zero-order valence-electron chi connectivity index (χ0n) is 16.5. The topological polar surface area (TPSA) is 99.9 Å². The molecule has 2 atom stereocenters. The lowest BCUT2D eigenvalue weighted by Crippen LogP contribution is -2.42. The van der Waals surface area contributed by atoms with Gasteiger partial charge in [-0.3, -0.25) is 8.37 Å². The van der Waals surface area contributed by atoms with Crippen molar-refractivity contribution in [2.45, 2.75) is 35.2 Å². The van der Waals surface area contributed by atoms with Crippen molar-refractivity contribution in [3.05, 3.63) is 84.8 Å². The minimum Gasteiger partial charge on any atom is -0.469 e. The van der Waals surface area contributed by atoms with Crippen LogP contribution in [0, 0.1) is 0 Å². The highest BCUT2D eigenvalue weighted by Crippen LogP contribution is 2.33. The van der Waals surface area contributed by atoms with Gasteiger partial charge in [0, 0.05) is 0 Å². The van der Waals surface area contributed by atoms with Crippen LogP contribution in [0.25, 0.3) is 0 Å². The highest BCUT2D eigenvalue weighted by molar-refractivity contribution is 7.87. The molecule has 0 aliphatic heterocycles. The summed E-state index contributed by atoms with van der Waals surface area (Å²) in [5.74, 6) is 0.335. The Morgan fingerprint density at radius 1 is 0.833 bits per heavy atom. The first-order valence-corrected chi connectivity index (χ1v) is 11.9. The Morgan fingerprint density at radius 3 is 1.87 bits per heavy atom. The van der Waals surface area contributed by atoms with Crippen LogP contribution in [0.4, 0.5) is 0 Å². The van der Waals surface area contributed by atoms with Crippen LogP contribution in [-0.4, -0.2) is 29.5 Å². The molecule has 0 saturated heterocycles. The van der Waals surface area contributed by atoms with E-state index in [-0.39, 0.29) is 16.4 Å². The van der Waals surface area contributed by atoms with Gasteiger partial charge in [0.2, 0.25) is 0 Å². The fourth-order valence-electron chi connectivity index (χ4n) is 2.79. The van der Waals surface area contributed by atoms with Gasteiger partial charge in [-0.2, -0.15) is 16.8 Å². The average Bonchev–Trinajstić information content (AvgIpc) is 3.28. The van der Waals surface area contributed by atoms with E-state index in [0.717, 1.165) is 0 Å². The lowest BCUT2D eigenvalue weighted by atomic mass is 9.83. The smallest absolute Gasteiger partial charge is 0.297 e. The molecule has 0 spiro atoms. The Hall–Kier alpha value is -2.46. The molecular formula is C21H22O7S2. The van der Waals surface area contributed by atoms with Crippen molar-refractivity contribution in [1.82, 2.24) is 0 Å². The van der Waals surface area contributed by atoms with E-state index in [1.165, 1.54) is 37.5 Å². The summed E-state index contributed by atoms with van der Waals surface area (Å²) < 4.78 is 66.6. The molecule has 0 aliphatic rings. The number of hydrogen-bond acceptors (Lipinski definition) is 7. The third kappa shape index (κ3) is 4.81. The van der Waals surface area contributed by atoms with Crippen LogP contribution >= 0.6 is 0 Å². The maximum Gasteiger partial charge on any atom is 0.297 e. The molecule has 30 heavy (non-hydrogen) atoms. The normalized spacial score (nSPS) is 15.4. The SMILES string of the molecule is CC(OS(=O)(=O)c1ccccc1)C(C)(COS(=O)(=O)c1ccccc1)c1ccco1. The van der Waals surface area contributed by atoms with Crippen LogP contribution in [0.2, 0.25) is 0 Å². The predicted octanol–water partition coefficient (Wildman–Crippen LogP) is 3.74. The van der Waals surface area contributed by atoms with Crippen molar-refractivity contribution in [2.24, 2.45) is 0 Å². The molecular weight excluding hydrogens is 428 g/mol. The summed E-state index contributed by atoms with van der Waals surface area (Å²) >= 11 is 0. The highest BCUT2D eigenvalue weighted by Gasteiger charge is 2.41. The number of hydrogen-bond donors (Lipinski definition) is 0. The van der Waals surface area contributed by atoms with Crippen LogP contribution in [0.15, 0.2) is 93.3 Å². The van der Waals surface area contributed by atoms with E-state index in [0.29, 0.717) is 5.76 Å². The van der Waals surface area contributed by atoms with Crippen molar-refractivity contribution < 1.29 is 29.6 Å². The fraction of sp³-hybridized carbons (Fsp3) is 0.238. The lowest BCUT2D eigenvalue weighted by molar-refractivity contribution is 0.0804. The molecule has 0 N–H and O–H groups in total. The summed E-state index contributed by atoms with van der Waals surface area (Å²) in [6, 6.07) is 18.6. The molecule has 160 valence electrons. The van der Waals surface area contributed by atoms with E-state index in [4.69, 9.17) is 12.8 Å². The van der Waals surface area contributed by atoms with Gasteiger partial charge in [-0.05, 0) is 50.2 Å². The Bertz CT molecular complexity index is 1160. The van der Waals surface area contributed by atoms with E-state index in [2.05, 4.69) is 0 Å². The van der Waals surface area contributed by atoms with Crippen LogP contribution in [0.3, 0.4) is 0 Å². The third-order valence-corrected chi connectivity index (χ3v) is 7.50. The average molecular weight is 451 g/mol. The maximum absolute atomic E-state index is 12.7. The van der Waals surface area contributed by atoms with Crippen LogP contribution in [0.1, 0.15) is 19.6 Å². The molecule has 2 unspecified atom stereocenters. The standard InChI is InChI=1S/C21H22O7S2/c1-17(28-30(24,25)19-12-7-4-8-13-19)21(2,20-14-9-15-26-20)16-27-29(22,23)18-10-5-3-6-11-18/h3-15,17H,16H2,1-2H3. The minimum absolute atomic E-state index is 0.00252. The summed E-state index contributed by atoms with van der Waals surface area (Å²) in [4.78, 5) is -0.00579. The van der Waals surface area contributed by atoms with Gasteiger partial charge in [0.25, 0.3) is 20.2 Å². The Labute approximate surface area is 176 Å². The van der Waals surface area contributed by atoms with Gasteiger partial charge in [0.05, 0.1) is 34.2 Å². The molecule has 2 aromatic carbocycles. The number of furan rings is 1. The number of rotatable bonds is 9. The van der Waals surface area contributed by atoms with Crippen molar-refractivity contribution in [2.75, 3.05) is 6.61 Å². The Morgan fingerprint density at radius 2 is 1.37 bits per heavy atom. The molecule has 0 radical (unpaired) electrons. The summed E-state index contributed by atoms with van der Waals surface area (Å²) in [5, 5.41) is 0. The van der Waals surface area contributed by atoms with Crippen LogP contribution in [0.5, 0.6) is 0 Å². The molecule has 0 aliphatic carbocycles. The summed E-state index contributed by atoms with van der Waals surface area (Å²) in [6.07, 6.45) is 0.414. The van der Waals surface area contributed by atoms with Gasteiger partial charge in [0.1, 0.15) is 5.76 Å². The van der Waals surface area contributed by atoms with E-state index in [1.807, 2.05) is 0 Å². The summed E-state index contributed by atoms with van der Waals surface area (Å²) in [5.41, 5.74) is -1.22. The molecule has 0 fully saturated rings. The largest absolute Gasteiger partial charge is 0.469 e. The van der Waals surface area contributed by atoms with Crippen molar-refractivity contribution in [1.29, 1.82) is 0 Å². The molecule has 0 saturated carbocycles. The van der Waals surface area contributed by atoms with E-state index < -0.39 is 31.8 Å². The van der Waals surface area contributed by atoms with Gasteiger partial charge in [-0.15, -0.1) is 0 Å². The Balaban J connectivity index is 1.87. The molecule has 1 aromatic heterocycles. The Kier molecular flexibility index (Phi) is 6.47. The van der Waals surface area contributed by atoms with Gasteiger partial charge in [0.15, 0.2) is 0 Å². The minimum atomic E-state index is -4.09. The zero-order valence-corrected chi connectivity index (χ0v) is 18.1. The second-order valence-electron chi connectivity index (χ2n) is 6.93. The van der Waals surface area contributed by atoms with Crippen molar-refractivity contribution >= 4 is 20.2 Å². The molecule has 3 aromatic rings. The van der Waals surface area contributed by atoms with Crippen molar-refractivity contribution in [3.8, 4) is 0 Å². The molecule has 7 nitrogen and oxygen atoms in total. The maximum atomic E-state index is 12.7. The predicted molar refractivity (Wildman–Crippen MR) is 110 cm³/mol. The quantitative estimate of drug-likeness (QED) is 0.458. The van der Waals surface area contributed by atoms with Crippen LogP contribution in [-0.2, 0) is 34.0 Å². The zero-order chi connectivity index (χ0) is 21.8. The van der Waals surface area contributed by atoms with E-state index in [9.17, 15) is 16.8 Å². The number of benzene rings is 2. The van der Waals surface area contributed by atoms with Crippen LogP contribution < -0.4 is 0 Å². The first-order chi connectivity index (χ1) is 14.2. The summed E-state index contributed by atoms with van der Waals surface area (Å²) in [6.45, 7) is 2.77. The van der Waals surface area contributed by atoms with E-state index in [1.54, 1.807) is 55.5 Å². The van der Waals surface area contributed by atoms with Crippen molar-refractivity contribution in [3.63, 3.8) is 0 Å². The highest BCUT2D eigenvalue weighted by atomic mass is 32.2.